The maximum Gasteiger partial charge on any atom is 0.257 e. The molecule has 0 saturated carbocycles. The molecule has 0 spiro atoms. The Morgan fingerprint density at radius 2 is 1.50 bits per heavy atom. The maximum absolute atomic E-state index is 13.2. The third kappa shape index (κ3) is 2.87. The lowest BCUT2D eigenvalue weighted by Crippen LogP contribution is -2.25. The zero-order valence-electron chi connectivity index (χ0n) is 14.7. The van der Waals surface area contributed by atoms with Crippen molar-refractivity contribution in [1.29, 1.82) is 0 Å². The van der Waals surface area contributed by atoms with Crippen molar-refractivity contribution in [3.05, 3.63) is 97.5 Å². The smallest absolute Gasteiger partial charge is 0.257 e. The molecule has 0 aromatic heterocycles. The van der Waals surface area contributed by atoms with Crippen LogP contribution in [0.5, 0.6) is 0 Å². The van der Waals surface area contributed by atoms with Gasteiger partial charge in [-0.2, -0.15) is 0 Å². The number of carbonyl (C=O) groups is 3. The number of halogens is 2. The number of benzene rings is 3. The molecule has 0 saturated heterocycles. The molecule has 1 amide bonds. The Balaban J connectivity index is 1.89. The van der Waals surface area contributed by atoms with Gasteiger partial charge < -0.3 is 5.32 Å². The maximum atomic E-state index is 13.2. The van der Waals surface area contributed by atoms with Gasteiger partial charge in [-0.3, -0.25) is 14.4 Å². The minimum Gasteiger partial charge on any atom is -0.321 e. The molecule has 0 atom stereocenters. The Labute approximate surface area is 174 Å². The summed E-state index contributed by atoms with van der Waals surface area (Å²) in [5.41, 5.74) is 2.39. The molecule has 0 bridgehead atoms. The molecular weight excluding hydrogens is 442 g/mol. The summed E-state index contributed by atoms with van der Waals surface area (Å²) in [4.78, 5) is 39.0. The highest BCUT2D eigenvalue weighted by Crippen LogP contribution is 2.38. The van der Waals surface area contributed by atoms with Gasteiger partial charge in [0.15, 0.2) is 11.6 Å². The molecule has 0 fully saturated rings. The normalized spacial score (nSPS) is 12.4. The highest BCUT2D eigenvalue weighted by atomic mass is 79.9. The van der Waals surface area contributed by atoms with Crippen LogP contribution in [0.3, 0.4) is 0 Å². The standard InChI is InChI=1S/C22H13BrClNO3/c1-11-10-15(23)17-18(21(27)13-7-3-2-6-12(13)20(17)26)19(11)25-22(28)14-8-4-5-9-16(14)24/h2-10H,1H3,(H,25,28). The third-order valence-corrected chi connectivity index (χ3v) is 5.66. The summed E-state index contributed by atoms with van der Waals surface area (Å²) in [5, 5.41) is 3.09. The lowest BCUT2D eigenvalue weighted by Gasteiger charge is -2.23. The summed E-state index contributed by atoms with van der Waals surface area (Å²) >= 11 is 9.53. The van der Waals surface area contributed by atoms with Crippen molar-refractivity contribution in [3.63, 3.8) is 0 Å². The van der Waals surface area contributed by atoms with Crippen molar-refractivity contribution in [2.24, 2.45) is 0 Å². The van der Waals surface area contributed by atoms with E-state index in [0.717, 1.165) is 0 Å². The van der Waals surface area contributed by atoms with Crippen molar-refractivity contribution in [1.82, 2.24) is 0 Å². The highest BCUT2D eigenvalue weighted by molar-refractivity contribution is 9.10. The molecule has 28 heavy (non-hydrogen) atoms. The van der Waals surface area contributed by atoms with Gasteiger partial charge in [-0.15, -0.1) is 0 Å². The second kappa shape index (κ2) is 7.00. The lowest BCUT2D eigenvalue weighted by atomic mass is 9.82. The quantitative estimate of drug-likeness (QED) is 0.439. The van der Waals surface area contributed by atoms with Gasteiger partial charge in [0.2, 0.25) is 0 Å². The van der Waals surface area contributed by atoms with E-state index in [0.29, 0.717) is 31.9 Å². The number of fused-ring (bicyclic) bond motifs is 2. The first-order valence-electron chi connectivity index (χ1n) is 8.47. The van der Waals surface area contributed by atoms with E-state index in [2.05, 4.69) is 21.2 Å². The SMILES string of the molecule is Cc1cc(Br)c2c(c1NC(=O)c1ccccc1Cl)C(=O)c1ccccc1C2=O. The second-order valence-corrected chi connectivity index (χ2v) is 7.70. The van der Waals surface area contributed by atoms with Crippen molar-refractivity contribution < 1.29 is 14.4 Å². The molecule has 4 rings (SSSR count). The van der Waals surface area contributed by atoms with E-state index in [1.54, 1.807) is 61.5 Å². The Morgan fingerprint density at radius 3 is 2.14 bits per heavy atom. The van der Waals surface area contributed by atoms with Crippen LogP contribution >= 0.6 is 27.5 Å². The largest absolute Gasteiger partial charge is 0.321 e. The first-order valence-corrected chi connectivity index (χ1v) is 9.64. The molecule has 1 aliphatic carbocycles. The molecule has 0 aliphatic heterocycles. The number of rotatable bonds is 2. The predicted molar refractivity (Wildman–Crippen MR) is 112 cm³/mol. The molecular formula is C22H13BrClNO3. The van der Waals surface area contributed by atoms with Crippen LogP contribution < -0.4 is 5.32 Å². The number of ketones is 2. The fraction of sp³-hybridized carbons (Fsp3) is 0.0455. The summed E-state index contributed by atoms with van der Waals surface area (Å²) in [5.74, 6) is -1.01. The number of aryl methyl sites for hydroxylation is 1. The van der Waals surface area contributed by atoms with Gasteiger partial charge >= 0.3 is 0 Å². The molecule has 3 aromatic rings. The van der Waals surface area contributed by atoms with E-state index in [1.165, 1.54) is 0 Å². The van der Waals surface area contributed by atoms with Crippen LogP contribution in [0.4, 0.5) is 5.69 Å². The third-order valence-electron chi connectivity index (χ3n) is 4.70. The summed E-state index contributed by atoms with van der Waals surface area (Å²) < 4.78 is 0.517. The number of nitrogens with one attached hydrogen (secondary N) is 1. The van der Waals surface area contributed by atoms with Crippen LogP contribution in [0.1, 0.15) is 47.8 Å². The number of hydrogen-bond donors (Lipinski definition) is 1. The van der Waals surface area contributed by atoms with Crippen molar-refractivity contribution in [2.45, 2.75) is 6.92 Å². The van der Waals surface area contributed by atoms with Gasteiger partial charge in [0.05, 0.1) is 27.4 Å². The number of carbonyl (C=O) groups excluding carboxylic acids is 3. The van der Waals surface area contributed by atoms with Crippen molar-refractivity contribution in [2.75, 3.05) is 5.32 Å². The van der Waals surface area contributed by atoms with Crippen LogP contribution in [0.2, 0.25) is 5.02 Å². The van der Waals surface area contributed by atoms with Gasteiger partial charge in [-0.1, -0.05) is 48.0 Å². The predicted octanol–water partition coefficient (Wildman–Crippen LogP) is 5.44. The van der Waals surface area contributed by atoms with Gasteiger partial charge in [0.25, 0.3) is 5.91 Å². The molecule has 6 heteroatoms. The van der Waals surface area contributed by atoms with Gasteiger partial charge in [0.1, 0.15) is 0 Å². The van der Waals surface area contributed by atoms with Crippen LogP contribution in [0.15, 0.2) is 59.1 Å². The van der Waals surface area contributed by atoms with Gasteiger partial charge in [-0.05, 0) is 46.6 Å². The average Bonchev–Trinajstić information content (AvgIpc) is 2.68. The Morgan fingerprint density at radius 1 is 0.929 bits per heavy atom. The van der Waals surface area contributed by atoms with Crippen molar-refractivity contribution in [3.8, 4) is 0 Å². The molecule has 3 aromatic carbocycles. The zero-order chi connectivity index (χ0) is 20.0. The molecule has 138 valence electrons. The monoisotopic (exact) mass is 453 g/mol. The van der Waals surface area contributed by atoms with Crippen LogP contribution in [-0.4, -0.2) is 17.5 Å². The first-order chi connectivity index (χ1) is 13.4. The van der Waals surface area contributed by atoms with Gasteiger partial charge in [-0.25, -0.2) is 0 Å². The zero-order valence-corrected chi connectivity index (χ0v) is 17.0. The molecule has 0 radical (unpaired) electrons. The first kappa shape index (κ1) is 18.6. The summed E-state index contributed by atoms with van der Waals surface area (Å²) in [7, 11) is 0. The fourth-order valence-corrected chi connectivity index (χ4v) is 4.30. The van der Waals surface area contributed by atoms with E-state index in [-0.39, 0.29) is 28.3 Å². The number of hydrogen-bond acceptors (Lipinski definition) is 3. The number of amides is 1. The summed E-state index contributed by atoms with van der Waals surface area (Å²) in [6.07, 6.45) is 0. The Bertz CT molecular complexity index is 1190. The summed E-state index contributed by atoms with van der Waals surface area (Å²) in [6, 6.07) is 15.0. The minimum absolute atomic E-state index is 0.191. The fourth-order valence-electron chi connectivity index (χ4n) is 3.36. The Hall–Kier alpha value is -2.76. The van der Waals surface area contributed by atoms with E-state index in [4.69, 9.17) is 11.6 Å². The molecule has 4 nitrogen and oxygen atoms in total. The Kier molecular flexibility index (Phi) is 4.65. The molecule has 1 aliphatic rings. The van der Waals surface area contributed by atoms with Crippen LogP contribution in [0, 0.1) is 6.92 Å². The topological polar surface area (TPSA) is 63.2 Å². The lowest BCUT2D eigenvalue weighted by molar-refractivity contribution is 0.0978. The van der Waals surface area contributed by atoms with Crippen LogP contribution in [-0.2, 0) is 0 Å². The van der Waals surface area contributed by atoms with Gasteiger partial charge in [0, 0.05) is 15.6 Å². The minimum atomic E-state index is -0.447. The van der Waals surface area contributed by atoms with Crippen LogP contribution in [0.25, 0.3) is 0 Å². The molecule has 1 N–H and O–H groups in total. The summed E-state index contributed by atoms with van der Waals surface area (Å²) in [6.45, 7) is 1.77. The molecule has 0 unspecified atom stereocenters. The van der Waals surface area contributed by atoms with Crippen molar-refractivity contribution >= 4 is 50.7 Å². The highest BCUT2D eigenvalue weighted by Gasteiger charge is 2.34. The molecule has 0 heterocycles. The number of anilines is 1. The van der Waals surface area contributed by atoms with E-state index < -0.39 is 5.91 Å². The van der Waals surface area contributed by atoms with E-state index >= 15 is 0 Å². The van der Waals surface area contributed by atoms with E-state index in [9.17, 15) is 14.4 Å². The van der Waals surface area contributed by atoms with E-state index in [1.807, 2.05) is 0 Å². The average molecular weight is 455 g/mol. The second-order valence-electron chi connectivity index (χ2n) is 6.44.